The van der Waals surface area contributed by atoms with Gasteiger partial charge < -0.3 is 15.1 Å². The Kier molecular flexibility index (Phi) is 6.98. The van der Waals surface area contributed by atoms with Gasteiger partial charge in [-0.2, -0.15) is 0 Å². The van der Waals surface area contributed by atoms with Crippen molar-refractivity contribution in [2.75, 3.05) is 0 Å². The number of unbranched alkanes of at least 4 members (excludes halogenated alkanes) is 2. The number of benzene rings is 2. The van der Waals surface area contributed by atoms with Gasteiger partial charge >= 0.3 is 0 Å². The first-order valence-electron chi connectivity index (χ1n) is 11.2. The number of carbonyl (C=O) groups is 2. The maximum absolute atomic E-state index is 13.5. The minimum absolute atomic E-state index is 0.195. The second-order valence-corrected chi connectivity index (χ2v) is 8.35. The van der Waals surface area contributed by atoms with Crippen LogP contribution in [-0.2, 0) is 4.79 Å². The summed E-state index contributed by atoms with van der Waals surface area (Å²) in [6, 6.07) is 15.7. The molecular formula is C26H28FN4O2+. The van der Waals surface area contributed by atoms with Crippen LogP contribution in [0, 0.1) is 5.82 Å². The van der Waals surface area contributed by atoms with E-state index in [9.17, 15) is 14.0 Å². The molecule has 0 aliphatic heterocycles. The average Bonchev–Trinajstić information content (AvgIpc) is 3.45. The van der Waals surface area contributed by atoms with Gasteiger partial charge in [0.2, 0.25) is 0 Å². The molecule has 0 unspecified atom stereocenters. The first-order chi connectivity index (χ1) is 16.0. The Balaban J connectivity index is 1.51. The van der Waals surface area contributed by atoms with E-state index < -0.39 is 0 Å². The summed E-state index contributed by atoms with van der Waals surface area (Å²) in [5.74, 6) is 0.396. The van der Waals surface area contributed by atoms with Gasteiger partial charge in [0.15, 0.2) is 5.69 Å². The number of aromatic amines is 3. The van der Waals surface area contributed by atoms with E-state index in [2.05, 4.69) is 20.3 Å². The summed E-state index contributed by atoms with van der Waals surface area (Å²) in [4.78, 5) is 34.0. The van der Waals surface area contributed by atoms with E-state index in [1.54, 1.807) is 19.1 Å². The topological polar surface area (TPSA) is 91.9 Å². The molecule has 0 saturated carbocycles. The number of hydrogen-bond donors (Lipinski definition) is 3. The Labute approximate surface area is 191 Å². The monoisotopic (exact) mass is 447 g/mol. The highest BCUT2D eigenvalue weighted by atomic mass is 19.1. The van der Waals surface area contributed by atoms with E-state index in [-0.39, 0.29) is 23.5 Å². The molecule has 33 heavy (non-hydrogen) atoms. The van der Waals surface area contributed by atoms with Crippen LogP contribution in [0.3, 0.4) is 0 Å². The van der Waals surface area contributed by atoms with E-state index >= 15 is 0 Å². The lowest BCUT2D eigenvalue weighted by Crippen LogP contribution is -2.32. The maximum Gasteiger partial charge on any atom is 0.275 e. The fourth-order valence-corrected chi connectivity index (χ4v) is 3.98. The summed E-state index contributed by atoms with van der Waals surface area (Å²) in [6.07, 6.45) is 5.80. The maximum atomic E-state index is 13.5. The summed E-state index contributed by atoms with van der Waals surface area (Å²) in [7, 11) is 0. The lowest BCUT2D eigenvalue weighted by molar-refractivity contribution is -0.391. The van der Waals surface area contributed by atoms with Crippen molar-refractivity contribution < 1.29 is 19.0 Å². The SMILES string of the molecule is CC(=O)CCCCC[C@H](NC(=O)c1cc2cc(F)ccc2[nH]1)c1[nH]c(-c2ccccc2)c[nH+]1. The van der Waals surface area contributed by atoms with Gasteiger partial charge in [-0.25, -0.2) is 14.4 Å². The normalized spacial score (nSPS) is 12.1. The molecule has 0 aliphatic rings. The lowest BCUT2D eigenvalue weighted by Gasteiger charge is -2.13. The number of halogens is 1. The molecular weight excluding hydrogens is 419 g/mol. The molecule has 0 spiro atoms. The second kappa shape index (κ2) is 10.3. The van der Waals surface area contributed by atoms with Gasteiger partial charge in [-0.3, -0.25) is 4.79 Å². The number of nitrogens with one attached hydrogen (secondary N) is 4. The lowest BCUT2D eigenvalue weighted by atomic mass is 10.1. The summed E-state index contributed by atoms with van der Waals surface area (Å²) in [6.45, 7) is 1.61. The number of amides is 1. The fourth-order valence-electron chi connectivity index (χ4n) is 3.98. The molecule has 2 aromatic carbocycles. The van der Waals surface area contributed by atoms with E-state index in [0.29, 0.717) is 29.4 Å². The summed E-state index contributed by atoms with van der Waals surface area (Å²) in [5.41, 5.74) is 3.07. The van der Waals surface area contributed by atoms with Crippen molar-refractivity contribution in [1.82, 2.24) is 15.3 Å². The summed E-state index contributed by atoms with van der Waals surface area (Å²) >= 11 is 0. The number of hydrogen-bond acceptors (Lipinski definition) is 2. The van der Waals surface area contributed by atoms with Gasteiger partial charge in [-0.05, 0) is 44.0 Å². The predicted molar refractivity (Wildman–Crippen MR) is 125 cm³/mol. The van der Waals surface area contributed by atoms with Crippen molar-refractivity contribution in [3.63, 3.8) is 0 Å². The smallest absolute Gasteiger partial charge is 0.275 e. The molecule has 2 heterocycles. The highest BCUT2D eigenvalue weighted by Crippen LogP contribution is 2.22. The third-order valence-corrected chi connectivity index (χ3v) is 5.73. The van der Waals surface area contributed by atoms with Gasteiger partial charge in [-0.15, -0.1) is 0 Å². The molecule has 0 fully saturated rings. The Morgan fingerprint density at radius 1 is 1.03 bits per heavy atom. The van der Waals surface area contributed by atoms with E-state index in [4.69, 9.17) is 0 Å². The van der Waals surface area contributed by atoms with Crippen LogP contribution in [0.15, 0.2) is 60.8 Å². The third-order valence-electron chi connectivity index (χ3n) is 5.73. The molecule has 0 bridgehead atoms. The Morgan fingerprint density at radius 2 is 1.85 bits per heavy atom. The number of H-pyrrole nitrogens is 3. The average molecular weight is 448 g/mol. The molecule has 6 nitrogen and oxygen atoms in total. The number of imidazole rings is 1. The van der Waals surface area contributed by atoms with Gasteiger partial charge in [0.1, 0.15) is 29.5 Å². The number of fused-ring (bicyclic) bond motifs is 1. The molecule has 1 amide bonds. The minimum atomic E-state index is -0.341. The standard InChI is InChI=1S/C26H27FN4O2/c1-17(32)8-4-2-7-11-22(25-28-16-24(30-25)18-9-5-3-6-10-18)31-26(33)23-15-19-14-20(27)12-13-21(19)29-23/h3,5-6,9-10,12-16,22,29H,2,4,7-8,11H2,1H3,(H,28,30)(H,31,33)/p+1/t22-/m0/s1. The van der Waals surface area contributed by atoms with Crippen LogP contribution < -0.4 is 10.3 Å². The zero-order valence-electron chi connectivity index (χ0n) is 18.6. The number of carbonyl (C=O) groups excluding carboxylic acids is 2. The van der Waals surface area contributed by atoms with Crippen LogP contribution in [0.2, 0.25) is 0 Å². The van der Waals surface area contributed by atoms with Crippen molar-refractivity contribution in [2.24, 2.45) is 0 Å². The second-order valence-electron chi connectivity index (χ2n) is 8.35. The number of aromatic nitrogens is 3. The van der Waals surface area contributed by atoms with Gasteiger partial charge in [-0.1, -0.05) is 43.2 Å². The number of Topliss-reactive ketones (excluding diaryl/α,β-unsaturated/α-hetero) is 1. The van der Waals surface area contributed by atoms with E-state index in [1.807, 2.05) is 36.5 Å². The summed E-state index contributed by atoms with van der Waals surface area (Å²) < 4.78 is 13.5. The van der Waals surface area contributed by atoms with Gasteiger partial charge in [0.25, 0.3) is 11.7 Å². The molecule has 4 aromatic rings. The Morgan fingerprint density at radius 3 is 2.64 bits per heavy atom. The van der Waals surface area contributed by atoms with Crippen molar-refractivity contribution in [3.8, 4) is 11.3 Å². The minimum Gasteiger partial charge on any atom is -0.351 e. The Hall–Kier alpha value is -3.74. The molecule has 2 aromatic heterocycles. The molecule has 1 atom stereocenters. The van der Waals surface area contributed by atoms with Crippen LogP contribution in [-0.4, -0.2) is 21.7 Å². The van der Waals surface area contributed by atoms with Gasteiger partial charge in [0.05, 0.1) is 0 Å². The summed E-state index contributed by atoms with van der Waals surface area (Å²) in [5, 5.41) is 3.75. The van der Waals surface area contributed by atoms with Crippen LogP contribution >= 0.6 is 0 Å². The molecule has 170 valence electrons. The Bertz CT molecular complexity index is 1250. The molecule has 0 saturated heterocycles. The van der Waals surface area contributed by atoms with Crippen LogP contribution in [0.4, 0.5) is 4.39 Å². The van der Waals surface area contributed by atoms with Crippen LogP contribution in [0.5, 0.6) is 0 Å². The largest absolute Gasteiger partial charge is 0.351 e. The first-order valence-corrected chi connectivity index (χ1v) is 11.2. The van der Waals surface area contributed by atoms with Crippen molar-refractivity contribution in [3.05, 3.63) is 78.1 Å². The third kappa shape index (κ3) is 5.74. The van der Waals surface area contributed by atoms with Crippen LogP contribution in [0.25, 0.3) is 22.2 Å². The van der Waals surface area contributed by atoms with Crippen LogP contribution in [0.1, 0.15) is 61.4 Å². The fraction of sp³-hybridized carbons (Fsp3) is 0.269. The van der Waals surface area contributed by atoms with E-state index in [0.717, 1.165) is 36.3 Å². The quantitative estimate of drug-likeness (QED) is 0.294. The zero-order valence-corrected chi connectivity index (χ0v) is 18.6. The zero-order chi connectivity index (χ0) is 23.2. The van der Waals surface area contributed by atoms with Gasteiger partial charge in [0, 0.05) is 22.9 Å². The molecule has 0 aliphatic carbocycles. The van der Waals surface area contributed by atoms with E-state index in [1.165, 1.54) is 12.1 Å². The first kappa shape index (κ1) is 22.5. The molecule has 0 radical (unpaired) electrons. The predicted octanol–water partition coefficient (Wildman–Crippen LogP) is 5.13. The highest BCUT2D eigenvalue weighted by Gasteiger charge is 2.24. The number of rotatable bonds is 10. The molecule has 4 rings (SSSR count). The number of ketones is 1. The highest BCUT2D eigenvalue weighted by molar-refractivity contribution is 5.98. The van der Waals surface area contributed by atoms with Crippen molar-refractivity contribution in [1.29, 1.82) is 0 Å². The molecule has 7 heteroatoms. The van der Waals surface area contributed by atoms with Crippen molar-refractivity contribution >= 4 is 22.6 Å². The van der Waals surface area contributed by atoms with Crippen molar-refractivity contribution in [2.45, 2.75) is 45.1 Å². The molecule has 4 N–H and O–H groups in total.